The van der Waals surface area contributed by atoms with Crippen LogP contribution in [0.1, 0.15) is 0 Å². The predicted octanol–water partition coefficient (Wildman–Crippen LogP) is -0.0624. The number of piperazine rings is 3. The Kier molecular flexibility index (Phi) is 3.53. The standard InChI is InChI=1S/C6H12N2.C5H5NO/c1-2-8-5-3-7(1)4-6-8;7-6-4-2-1-3-5-6/h1-6H2;1-5H. The van der Waals surface area contributed by atoms with Crippen molar-refractivity contribution in [1.82, 2.24) is 9.80 Å². The van der Waals surface area contributed by atoms with Crippen LogP contribution < -0.4 is 4.73 Å². The number of aromatic nitrogens is 1. The van der Waals surface area contributed by atoms with E-state index in [9.17, 15) is 5.21 Å². The van der Waals surface area contributed by atoms with Crippen LogP contribution in [0.3, 0.4) is 0 Å². The molecule has 4 nitrogen and oxygen atoms in total. The first-order valence-electron chi connectivity index (χ1n) is 5.43. The van der Waals surface area contributed by atoms with Gasteiger partial charge in [-0.25, -0.2) is 0 Å². The first kappa shape index (κ1) is 10.4. The van der Waals surface area contributed by atoms with E-state index in [-0.39, 0.29) is 0 Å². The molecule has 0 atom stereocenters. The quantitative estimate of drug-likeness (QED) is 0.441. The van der Waals surface area contributed by atoms with E-state index in [0.717, 1.165) is 4.73 Å². The Balaban J connectivity index is 0.000000115. The van der Waals surface area contributed by atoms with Crippen molar-refractivity contribution in [2.75, 3.05) is 39.3 Å². The second-order valence-corrected chi connectivity index (χ2v) is 3.92. The van der Waals surface area contributed by atoms with Gasteiger partial charge in [0.15, 0.2) is 12.4 Å². The maximum absolute atomic E-state index is 10.2. The largest absolute Gasteiger partial charge is 0.619 e. The van der Waals surface area contributed by atoms with Crippen molar-refractivity contribution in [1.29, 1.82) is 0 Å². The van der Waals surface area contributed by atoms with Gasteiger partial charge >= 0.3 is 0 Å². The van der Waals surface area contributed by atoms with Gasteiger partial charge in [0.1, 0.15) is 0 Å². The zero-order valence-electron chi connectivity index (χ0n) is 8.88. The average Bonchev–Trinajstić information content (AvgIpc) is 2.33. The normalized spacial score (nSPS) is 28.0. The van der Waals surface area contributed by atoms with Crippen LogP contribution in [0.15, 0.2) is 30.6 Å². The highest BCUT2D eigenvalue weighted by atomic mass is 16.5. The minimum Gasteiger partial charge on any atom is -0.619 e. The minimum absolute atomic E-state index is 0.750. The molecule has 3 fully saturated rings. The maximum Gasteiger partial charge on any atom is 0.180 e. The highest BCUT2D eigenvalue weighted by Crippen LogP contribution is 2.06. The first-order chi connectivity index (χ1) is 7.34. The van der Waals surface area contributed by atoms with E-state index in [0.29, 0.717) is 0 Å². The third-order valence-corrected chi connectivity index (χ3v) is 2.89. The molecule has 4 heterocycles. The van der Waals surface area contributed by atoms with Gasteiger partial charge in [-0.3, -0.25) is 9.80 Å². The summed E-state index contributed by atoms with van der Waals surface area (Å²) in [6.45, 7) is 7.92. The van der Waals surface area contributed by atoms with Crippen molar-refractivity contribution in [2.24, 2.45) is 0 Å². The lowest BCUT2D eigenvalue weighted by atomic mass is 10.2. The van der Waals surface area contributed by atoms with E-state index in [1.165, 1.54) is 51.7 Å². The highest BCUT2D eigenvalue weighted by molar-refractivity contribution is 4.83. The zero-order chi connectivity index (χ0) is 10.5. The maximum atomic E-state index is 10.2. The fourth-order valence-corrected chi connectivity index (χ4v) is 1.90. The number of nitrogens with zero attached hydrogens (tertiary/aromatic N) is 3. The van der Waals surface area contributed by atoms with Crippen molar-refractivity contribution in [3.05, 3.63) is 35.8 Å². The summed E-state index contributed by atoms with van der Waals surface area (Å²) >= 11 is 0. The van der Waals surface area contributed by atoms with Gasteiger partial charge in [0.2, 0.25) is 0 Å². The van der Waals surface area contributed by atoms with Gasteiger partial charge in [-0.05, 0) is 0 Å². The summed E-state index contributed by atoms with van der Waals surface area (Å²) in [6.07, 6.45) is 2.89. The summed E-state index contributed by atoms with van der Waals surface area (Å²) in [7, 11) is 0. The van der Waals surface area contributed by atoms with Crippen LogP contribution in [-0.2, 0) is 0 Å². The van der Waals surface area contributed by atoms with Crippen molar-refractivity contribution >= 4 is 0 Å². The topological polar surface area (TPSA) is 33.4 Å². The summed E-state index contributed by atoms with van der Waals surface area (Å²) in [5.74, 6) is 0. The van der Waals surface area contributed by atoms with Gasteiger partial charge in [-0.15, -0.1) is 0 Å². The third kappa shape index (κ3) is 3.18. The number of hydrogen-bond acceptors (Lipinski definition) is 3. The van der Waals surface area contributed by atoms with Gasteiger partial charge in [0.05, 0.1) is 0 Å². The molecule has 3 saturated heterocycles. The molecule has 4 rings (SSSR count). The Labute approximate surface area is 90.3 Å². The van der Waals surface area contributed by atoms with Crippen molar-refractivity contribution < 1.29 is 4.73 Å². The molecule has 0 aliphatic carbocycles. The molecule has 2 bridgehead atoms. The zero-order valence-corrected chi connectivity index (χ0v) is 8.88. The van der Waals surface area contributed by atoms with Crippen molar-refractivity contribution in [3.63, 3.8) is 0 Å². The summed E-state index contributed by atoms with van der Waals surface area (Å²) in [5, 5.41) is 10.2. The molecule has 4 heteroatoms. The van der Waals surface area contributed by atoms with Crippen LogP contribution in [0.2, 0.25) is 0 Å². The Morgan fingerprint density at radius 2 is 1.13 bits per heavy atom. The predicted molar refractivity (Wildman–Crippen MR) is 58.3 cm³/mol. The van der Waals surface area contributed by atoms with Gasteiger partial charge in [0, 0.05) is 51.4 Å². The van der Waals surface area contributed by atoms with Crippen LogP contribution >= 0.6 is 0 Å². The van der Waals surface area contributed by atoms with Crippen LogP contribution in [-0.4, -0.2) is 49.1 Å². The summed E-state index contributed by atoms with van der Waals surface area (Å²) in [4.78, 5) is 5.08. The van der Waals surface area contributed by atoms with Crippen LogP contribution in [0.4, 0.5) is 0 Å². The number of pyridine rings is 1. The SMILES string of the molecule is C1CN2CCN1CC2.[O-][n+]1ccccc1. The Morgan fingerprint density at radius 3 is 1.33 bits per heavy atom. The molecular weight excluding hydrogens is 190 g/mol. The molecule has 0 spiro atoms. The van der Waals surface area contributed by atoms with Crippen LogP contribution in [0.25, 0.3) is 0 Å². The molecule has 0 aromatic carbocycles. The molecule has 1 aromatic heterocycles. The number of fused-ring (bicyclic) bond motifs is 3. The van der Waals surface area contributed by atoms with Gasteiger partial charge in [-0.1, -0.05) is 6.07 Å². The number of hydrogen-bond donors (Lipinski definition) is 0. The van der Waals surface area contributed by atoms with Crippen LogP contribution in [0.5, 0.6) is 0 Å². The lowest BCUT2D eigenvalue weighted by Gasteiger charge is -2.41. The summed E-state index contributed by atoms with van der Waals surface area (Å²) in [5.41, 5.74) is 0. The molecule has 82 valence electrons. The van der Waals surface area contributed by atoms with Gasteiger partial charge in [0.25, 0.3) is 0 Å². The lowest BCUT2D eigenvalue weighted by Crippen LogP contribution is -2.55. The molecule has 0 amide bonds. The molecule has 1 aromatic rings. The lowest BCUT2D eigenvalue weighted by molar-refractivity contribution is -0.605. The Bertz CT molecular complexity index is 260. The first-order valence-corrected chi connectivity index (χ1v) is 5.43. The Hall–Kier alpha value is -1.13. The van der Waals surface area contributed by atoms with Gasteiger partial charge in [-0.2, -0.15) is 4.73 Å². The van der Waals surface area contributed by atoms with E-state index in [2.05, 4.69) is 9.80 Å². The average molecular weight is 207 g/mol. The molecule has 0 N–H and O–H groups in total. The van der Waals surface area contributed by atoms with E-state index in [4.69, 9.17) is 0 Å². The highest BCUT2D eigenvalue weighted by Gasteiger charge is 2.21. The monoisotopic (exact) mass is 207 g/mol. The van der Waals surface area contributed by atoms with E-state index >= 15 is 0 Å². The van der Waals surface area contributed by atoms with Crippen molar-refractivity contribution in [3.8, 4) is 0 Å². The fraction of sp³-hybridized carbons (Fsp3) is 0.545. The molecular formula is C11H17N3O. The second-order valence-electron chi connectivity index (χ2n) is 3.92. The molecule has 0 radical (unpaired) electrons. The van der Waals surface area contributed by atoms with Crippen molar-refractivity contribution in [2.45, 2.75) is 0 Å². The molecule has 0 unspecified atom stereocenters. The van der Waals surface area contributed by atoms with E-state index < -0.39 is 0 Å². The number of rotatable bonds is 0. The molecule has 15 heavy (non-hydrogen) atoms. The minimum atomic E-state index is 0.750. The summed E-state index contributed by atoms with van der Waals surface area (Å²) in [6, 6.07) is 5.18. The van der Waals surface area contributed by atoms with E-state index in [1.807, 2.05) is 0 Å². The van der Waals surface area contributed by atoms with Crippen LogP contribution in [0, 0.1) is 5.21 Å². The second kappa shape index (κ2) is 5.09. The fourth-order valence-electron chi connectivity index (χ4n) is 1.90. The summed E-state index contributed by atoms with van der Waals surface area (Å²) < 4.78 is 0.750. The molecule has 3 aliphatic rings. The molecule has 0 saturated carbocycles. The van der Waals surface area contributed by atoms with Gasteiger partial charge < -0.3 is 5.21 Å². The third-order valence-electron chi connectivity index (χ3n) is 2.89. The smallest absolute Gasteiger partial charge is 0.180 e. The Morgan fingerprint density at radius 1 is 0.733 bits per heavy atom. The molecule has 3 aliphatic heterocycles. The van der Waals surface area contributed by atoms with E-state index in [1.54, 1.807) is 18.2 Å².